The number of benzene rings is 3. The van der Waals surface area contributed by atoms with Crippen LogP contribution < -0.4 is 9.62 Å². The molecule has 1 amide bonds. The van der Waals surface area contributed by atoms with Crippen LogP contribution in [0.1, 0.15) is 34.8 Å². The molecule has 0 aliphatic carbocycles. The molecule has 1 heterocycles. The smallest absolute Gasteiger partial charge is 0.416 e. The van der Waals surface area contributed by atoms with Gasteiger partial charge in [0.25, 0.3) is 17.2 Å². The largest absolute Gasteiger partial charge is 0.467 e. The average Bonchev–Trinajstić information content (AvgIpc) is 3.37. The summed E-state index contributed by atoms with van der Waals surface area (Å²) in [7, 11) is 1.23. The number of rotatable bonds is 9. The number of carbonyl (C=O) groups is 2. The standard InChI is InChI=1S/C30H28F3N3O5S2/c1-17(2)25(29(38)41-4)36(43(39)40)24-15-9-20(10-16-24)19-7-13-23(14-8-19)35-27(37)26-18(3)34-28(42-26)21-5-11-22(12-6-21)30(31,32)33/h5-17,25H,1-4H3,(H,35,37)(H,39,40). The second kappa shape index (κ2) is 13.1. The first kappa shape index (κ1) is 31.9. The summed E-state index contributed by atoms with van der Waals surface area (Å²) in [5.74, 6) is -1.31. The van der Waals surface area contributed by atoms with Crippen LogP contribution in [0.15, 0.2) is 72.8 Å². The Labute approximate surface area is 253 Å². The topological polar surface area (TPSA) is 109 Å². The highest BCUT2D eigenvalue weighted by Gasteiger charge is 2.34. The molecule has 0 saturated carbocycles. The molecule has 2 unspecified atom stereocenters. The number of aromatic nitrogens is 1. The minimum absolute atomic E-state index is 0.295. The van der Waals surface area contributed by atoms with Gasteiger partial charge >= 0.3 is 12.1 Å². The fourth-order valence-corrected chi connectivity index (χ4v) is 6.17. The summed E-state index contributed by atoms with van der Waals surface area (Å²) in [6.07, 6.45) is -4.44. The molecule has 13 heteroatoms. The Morgan fingerprint density at radius 3 is 1.98 bits per heavy atom. The van der Waals surface area contributed by atoms with Crippen molar-refractivity contribution < 1.29 is 36.3 Å². The van der Waals surface area contributed by atoms with E-state index in [-0.39, 0.29) is 5.92 Å². The third-order valence-electron chi connectivity index (χ3n) is 6.55. The van der Waals surface area contributed by atoms with Gasteiger partial charge in [0.1, 0.15) is 15.9 Å². The van der Waals surface area contributed by atoms with Crippen LogP contribution >= 0.6 is 11.3 Å². The number of halogens is 3. The summed E-state index contributed by atoms with van der Waals surface area (Å²) >= 11 is -1.38. The van der Waals surface area contributed by atoms with Gasteiger partial charge in [-0.1, -0.05) is 50.2 Å². The second-order valence-corrected chi connectivity index (χ2v) is 11.7. The third-order valence-corrected chi connectivity index (χ3v) is 8.53. The predicted octanol–water partition coefficient (Wildman–Crippen LogP) is 7.20. The van der Waals surface area contributed by atoms with Crippen molar-refractivity contribution in [1.82, 2.24) is 4.98 Å². The molecule has 0 aliphatic rings. The molecule has 2 atom stereocenters. The lowest BCUT2D eigenvalue weighted by Gasteiger charge is -2.30. The second-order valence-electron chi connectivity index (χ2n) is 9.86. The van der Waals surface area contributed by atoms with Crippen LogP contribution in [0.5, 0.6) is 0 Å². The van der Waals surface area contributed by atoms with Crippen molar-refractivity contribution in [1.29, 1.82) is 0 Å². The van der Waals surface area contributed by atoms with E-state index in [0.29, 0.717) is 32.5 Å². The van der Waals surface area contributed by atoms with Crippen LogP contribution in [0, 0.1) is 12.8 Å². The van der Waals surface area contributed by atoms with Gasteiger partial charge in [0.05, 0.1) is 24.1 Å². The van der Waals surface area contributed by atoms with Gasteiger partial charge in [-0.3, -0.25) is 13.7 Å². The number of alkyl halides is 3. The summed E-state index contributed by atoms with van der Waals surface area (Å²) in [5.41, 5.74) is 2.68. The molecule has 0 aliphatic heterocycles. The zero-order valence-corrected chi connectivity index (χ0v) is 25.1. The molecule has 1 aromatic heterocycles. The summed E-state index contributed by atoms with van der Waals surface area (Å²) in [5, 5.41) is 3.25. The Morgan fingerprint density at radius 1 is 0.953 bits per heavy atom. The maximum absolute atomic E-state index is 13.0. The molecule has 226 valence electrons. The fraction of sp³-hybridized carbons (Fsp3) is 0.233. The Hall–Kier alpha value is -4.07. The average molecular weight is 632 g/mol. The molecule has 0 saturated heterocycles. The van der Waals surface area contributed by atoms with Gasteiger partial charge in [-0.25, -0.2) is 14.0 Å². The molecule has 0 spiro atoms. The molecular weight excluding hydrogens is 603 g/mol. The number of nitrogens with one attached hydrogen (secondary N) is 1. The number of hydrogen-bond acceptors (Lipinski definition) is 6. The number of aryl methyl sites for hydroxylation is 1. The molecule has 3 aromatic carbocycles. The first-order valence-electron chi connectivity index (χ1n) is 12.9. The Balaban J connectivity index is 1.47. The van der Waals surface area contributed by atoms with Crippen molar-refractivity contribution in [2.45, 2.75) is 33.0 Å². The van der Waals surface area contributed by atoms with E-state index in [2.05, 4.69) is 10.3 Å². The van der Waals surface area contributed by atoms with Gasteiger partial charge < -0.3 is 10.1 Å². The van der Waals surface area contributed by atoms with Gasteiger partial charge in [0.15, 0.2) is 0 Å². The lowest BCUT2D eigenvalue weighted by atomic mass is 10.0. The van der Waals surface area contributed by atoms with Gasteiger partial charge in [-0.05, 0) is 60.4 Å². The monoisotopic (exact) mass is 631 g/mol. The van der Waals surface area contributed by atoms with E-state index < -0.39 is 40.9 Å². The number of esters is 1. The maximum atomic E-state index is 13.0. The fourth-order valence-electron chi connectivity index (χ4n) is 4.37. The van der Waals surface area contributed by atoms with Crippen LogP contribution in [0.25, 0.3) is 21.7 Å². The Morgan fingerprint density at radius 2 is 1.49 bits per heavy atom. The molecule has 0 fully saturated rings. The lowest BCUT2D eigenvalue weighted by Crippen LogP contribution is -2.46. The molecule has 0 radical (unpaired) electrons. The number of ether oxygens (including phenoxy) is 1. The number of nitrogens with zero attached hydrogens (tertiary/aromatic N) is 2. The number of amides is 1. The van der Waals surface area contributed by atoms with Crippen LogP contribution in [0.2, 0.25) is 0 Å². The van der Waals surface area contributed by atoms with E-state index in [4.69, 9.17) is 4.74 Å². The van der Waals surface area contributed by atoms with Crippen molar-refractivity contribution in [3.8, 4) is 21.7 Å². The van der Waals surface area contributed by atoms with Crippen molar-refractivity contribution in [2.75, 3.05) is 16.7 Å². The van der Waals surface area contributed by atoms with Gasteiger partial charge in [0.2, 0.25) is 0 Å². The van der Waals surface area contributed by atoms with E-state index >= 15 is 0 Å². The summed E-state index contributed by atoms with van der Waals surface area (Å²) < 4.78 is 66.7. The van der Waals surface area contributed by atoms with Gasteiger partial charge in [-0.15, -0.1) is 11.3 Å². The minimum Gasteiger partial charge on any atom is -0.467 e. The molecule has 43 heavy (non-hydrogen) atoms. The lowest BCUT2D eigenvalue weighted by molar-refractivity contribution is -0.143. The van der Waals surface area contributed by atoms with Gasteiger partial charge in [0, 0.05) is 11.3 Å². The molecule has 2 N–H and O–H groups in total. The molecular formula is C30H28F3N3O5S2. The number of hydrogen-bond donors (Lipinski definition) is 2. The van der Waals surface area contributed by atoms with Crippen LogP contribution in [-0.2, 0) is 27.0 Å². The summed E-state index contributed by atoms with van der Waals surface area (Å²) in [6.45, 7) is 5.17. The van der Waals surface area contributed by atoms with Crippen molar-refractivity contribution in [3.63, 3.8) is 0 Å². The van der Waals surface area contributed by atoms with Crippen molar-refractivity contribution in [2.24, 2.45) is 5.92 Å². The van der Waals surface area contributed by atoms with E-state index in [1.54, 1.807) is 69.3 Å². The SMILES string of the molecule is COC(=O)C(C(C)C)N(c1ccc(-c2ccc(NC(=O)c3sc(-c4ccc(C(F)(F)F)cc4)nc3C)cc2)cc1)S(=O)O. The van der Waals surface area contributed by atoms with E-state index in [0.717, 1.165) is 38.9 Å². The van der Waals surface area contributed by atoms with Gasteiger partial charge in [-0.2, -0.15) is 13.2 Å². The Bertz CT molecular complexity index is 1620. The number of carbonyl (C=O) groups excluding carboxylic acids is 2. The normalized spacial score (nSPS) is 13.0. The number of anilines is 2. The highest BCUT2D eigenvalue weighted by atomic mass is 32.2. The maximum Gasteiger partial charge on any atom is 0.416 e. The van der Waals surface area contributed by atoms with Crippen molar-refractivity contribution >= 4 is 45.9 Å². The van der Waals surface area contributed by atoms with Crippen LogP contribution in [0.3, 0.4) is 0 Å². The Kier molecular flexibility index (Phi) is 9.68. The van der Waals surface area contributed by atoms with E-state index in [1.165, 1.54) is 19.2 Å². The summed E-state index contributed by atoms with van der Waals surface area (Å²) in [6, 6.07) is 17.5. The molecule has 8 nitrogen and oxygen atoms in total. The number of methoxy groups -OCH3 is 1. The molecule has 0 bridgehead atoms. The van der Waals surface area contributed by atoms with E-state index in [1.807, 2.05) is 0 Å². The van der Waals surface area contributed by atoms with Crippen LogP contribution in [-0.4, -0.2) is 38.8 Å². The minimum atomic E-state index is -4.44. The zero-order chi connectivity index (χ0) is 31.5. The highest BCUT2D eigenvalue weighted by molar-refractivity contribution is 7.80. The molecule has 4 rings (SSSR count). The van der Waals surface area contributed by atoms with E-state index in [9.17, 15) is 31.5 Å². The highest BCUT2D eigenvalue weighted by Crippen LogP contribution is 2.34. The predicted molar refractivity (Wildman–Crippen MR) is 161 cm³/mol. The third kappa shape index (κ3) is 7.29. The van der Waals surface area contributed by atoms with Crippen LogP contribution in [0.4, 0.5) is 24.5 Å². The number of thiazole rings is 1. The quantitative estimate of drug-likeness (QED) is 0.149. The first-order chi connectivity index (χ1) is 20.3. The van der Waals surface area contributed by atoms with Crippen molar-refractivity contribution in [3.05, 3.63) is 88.9 Å². The summed E-state index contributed by atoms with van der Waals surface area (Å²) in [4.78, 5) is 30.0. The molecule has 4 aromatic rings. The first-order valence-corrected chi connectivity index (χ1v) is 14.8. The zero-order valence-electron chi connectivity index (χ0n) is 23.5.